The number of ether oxygens (including phenoxy) is 1. The maximum absolute atomic E-state index is 12.7. The Bertz CT molecular complexity index is 1060. The Morgan fingerprint density at radius 3 is 2.96 bits per heavy atom. The van der Waals surface area contributed by atoms with E-state index in [0.717, 1.165) is 35.0 Å². The summed E-state index contributed by atoms with van der Waals surface area (Å²) in [5, 5.41) is 0.739. The molecule has 0 saturated heterocycles. The van der Waals surface area contributed by atoms with E-state index in [1.807, 2.05) is 30.3 Å². The molecule has 2 atom stereocenters. The number of fused-ring (bicyclic) bond motifs is 3. The van der Waals surface area contributed by atoms with Crippen molar-refractivity contribution in [2.75, 3.05) is 0 Å². The van der Waals surface area contributed by atoms with Gasteiger partial charge in [-0.2, -0.15) is 0 Å². The molecule has 0 radical (unpaired) electrons. The number of carbonyl (C=O) groups is 1. The number of aromatic nitrogens is 2. The molecule has 1 aliphatic rings. The minimum atomic E-state index is -0.459. The quantitative estimate of drug-likeness (QED) is 0.382. The molecule has 0 amide bonds. The molecule has 0 fully saturated rings. The third kappa shape index (κ3) is 4.00. The Kier molecular flexibility index (Phi) is 5.55. The van der Waals surface area contributed by atoms with Gasteiger partial charge in [0.1, 0.15) is 16.7 Å². The van der Waals surface area contributed by atoms with E-state index < -0.39 is 5.25 Å². The summed E-state index contributed by atoms with van der Waals surface area (Å²) in [7, 11) is 0. The van der Waals surface area contributed by atoms with Crippen LogP contribution in [0.5, 0.6) is 0 Å². The van der Waals surface area contributed by atoms with Crippen molar-refractivity contribution in [2.24, 2.45) is 5.92 Å². The standard InChI is InChI=1S/C21H22N2O3S2/c1-12-8-9-15-16(10-12)28-19-17(15)18(24)22-21(23-19)27-13(2)20(25)26-11-14-6-4-3-5-7-14/h3-7,12-13H,8-11H2,1-2H3,(H,22,23,24). The van der Waals surface area contributed by atoms with Crippen LogP contribution in [0.15, 0.2) is 40.3 Å². The highest BCUT2D eigenvalue weighted by Crippen LogP contribution is 2.36. The summed E-state index contributed by atoms with van der Waals surface area (Å²) in [6.45, 7) is 4.25. The van der Waals surface area contributed by atoms with Crippen LogP contribution in [0.1, 0.15) is 36.3 Å². The summed E-state index contributed by atoms with van der Waals surface area (Å²) in [6, 6.07) is 9.57. The van der Waals surface area contributed by atoms with Gasteiger partial charge in [0.15, 0.2) is 5.16 Å². The predicted octanol–water partition coefficient (Wildman–Crippen LogP) is 4.33. The maximum atomic E-state index is 12.7. The van der Waals surface area contributed by atoms with Crippen molar-refractivity contribution in [3.05, 3.63) is 56.7 Å². The number of nitrogens with zero attached hydrogens (tertiary/aromatic N) is 1. The first-order valence-corrected chi connectivity index (χ1v) is 11.1. The second-order valence-electron chi connectivity index (χ2n) is 7.26. The lowest BCUT2D eigenvalue weighted by Gasteiger charge is -2.17. The molecule has 146 valence electrons. The lowest BCUT2D eigenvalue weighted by atomic mass is 9.89. The number of esters is 1. The van der Waals surface area contributed by atoms with Gasteiger partial charge in [0.2, 0.25) is 0 Å². The molecule has 2 unspecified atom stereocenters. The van der Waals surface area contributed by atoms with Gasteiger partial charge in [0, 0.05) is 4.88 Å². The number of carbonyl (C=O) groups excluding carboxylic acids is 1. The third-order valence-corrected chi connectivity index (χ3v) is 7.10. The zero-order chi connectivity index (χ0) is 19.7. The molecule has 1 aromatic carbocycles. The van der Waals surface area contributed by atoms with Crippen molar-refractivity contribution in [3.63, 3.8) is 0 Å². The summed E-state index contributed by atoms with van der Waals surface area (Å²) in [5.74, 6) is 0.323. The highest BCUT2D eigenvalue weighted by molar-refractivity contribution is 8.00. The monoisotopic (exact) mass is 414 g/mol. The Hall–Kier alpha value is -2.12. The molecule has 1 N–H and O–H groups in total. The second-order valence-corrected chi connectivity index (χ2v) is 9.67. The molecule has 4 rings (SSSR count). The second kappa shape index (κ2) is 8.09. The van der Waals surface area contributed by atoms with Crippen LogP contribution in [0.4, 0.5) is 0 Å². The topological polar surface area (TPSA) is 72.0 Å². The van der Waals surface area contributed by atoms with E-state index in [0.29, 0.717) is 11.1 Å². The highest BCUT2D eigenvalue weighted by atomic mass is 32.2. The SMILES string of the molecule is CC1CCc2c(sc3nc(SC(C)C(=O)OCc4ccccc4)[nH]c(=O)c23)C1. The zero-order valence-electron chi connectivity index (χ0n) is 15.9. The minimum Gasteiger partial charge on any atom is -0.460 e. The lowest BCUT2D eigenvalue weighted by Crippen LogP contribution is -2.18. The molecular weight excluding hydrogens is 392 g/mol. The van der Waals surface area contributed by atoms with Crippen molar-refractivity contribution in [1.29, 1.82) is 0 Å². The molecule has 0 bridgehead atoms. The average Bonchev–Trinajstić information content (AvgIpc) is 3.04. The van der Waals surface area contributed by atoms with E-state index in [1.165, 1.54) is 22.2 Å². The van der Waals surface area contributed by atoms with Gasteiger partial charge in [-0.25, -0.2) is 4.98 Å². The molecule has 2 aromatic heterocycles. The summed E-state index contributed by atoms with van der Waals surface area (Å²) in [4.78, 5) is 34.5. The van der Waals surface area contributed by atoms with Crippen molar-refractivity contribution >= 4 is 39.3 Å². The molecule has 0 spiro atoms. The van der Waals surface area contributed by atoms with Crippen LogP contribution in [0.2, 0.25) is 0 Å². The molecule has 1 aliphatic carbocycles. The lowest BCUT2D eigenvalue weighted by molar-refractivity contribution is -0.143. The fourth-order valence-electron chi connectivity index (χ4n) is 3.45. The largest absolute Gasteiger partial charge is 0.460 e. The van der Waals surface area contributed by atoms with Crippen LogP contribution < -0.4 is 5.56 Å². The van der Waals surface area contributed by atoms with Crippen LogP contribution in [0.3, 0.4) is 0 Å². The molecule has 2 heterocycles. The summed E-state index contributed by atoms with van der Waals surface area (Å²) in [6.07, 6.45) is 3.06. The summed E-state index contributed by atoms with van der Waals surface area (Å²) < 4.78 is 5.38. The van der Waals surface area contributed by atoms with E-state index in [9.17, 15) is 9.59 Å². The number of aromatic amines is 1. The fraction of sp³-hybridized carbons (Fsp3) is 0.381. The number of thiophene rings is 1. The number of hydrogen-bond acceptors (Lipinski definition) is 6. The number of thioether (sulfide) groups is 1. The summed E-state index contributed by atoms with van der Waals surface area (Å²) >= 11 is 2.84. The first kappa shape index (κ1) is 19.2. The third-order valence-electron chi connectivity index (χ3n) is 4.99. The van der Waals surface area contributed by atoms with Gasteiger partial charge in [-0.3, -0.25) is 9.59 Å². The maximum Gasteiger partial charge on any atom is 0.319 e. The highest BCUT2D eigenvalue weighted by Gasteiger charge is 2.24. The zero-order valence-corrected chi connectivity index (χ0v) is 17.5. The Morgan fingerprint density at radius 2 is 2.18 bits per heavy atom. The van der Waals surface area contributed by atoms with E-state index in [-0.39, 0.29) is 18.1 Å². The van der Waals surface area contributed by atoms with Crippen molar-refractivity contribution in [2.45, 2.75) is 50.1 Å². The minimum absolute atomic E-state index is 0.107. The van der Waals surface area contributed by atoms with E-state index >= 15 is 0 Å². The average molecular weight is 415 g/mol. The number of nitrogens with one attached hydrogen (secondary N) is 1. The number of benzene rings is 1. The summed E-state index contributed by atoms with van der Waals surface area (Å²) in [5.41, 5.74) is 2.00. The van der Waals surface area contributed by atoms with Crippen LogP contribution in [0.25, 0.3) is 10.2 Å². The first-order valence-electron chi connectivity index (χ1n) is 9.43. The smallest absolute Gasteiger partial charge is 0.319 e. The number of hydrogen-bond donors (Lipinski definition) is 1. The van der Waals surface area contributed by atoms with Crippen molar-refractivity contribution in [1.82, 2.24) is 9.97 Å². The van der Waals surface area contributed by atoms with Crippen LogP contribution in [-0.4, -0.2) is 21.2 Å². The van der Waals surface area contributed by atoms with Gasteiger partial charge >= 0.3 is 5.97 Å². The molecule has 28 heavy (non-hydrogen) atoms. The van der Waals surface area contributed by atoms with Crippen LogP contribution in [0, 0.1) is 5.92 Å². The molecular formula is C21H22N2O3S2. The molecule has 7 heteroatoms. The van der Waals surface area contributed by atoms with Gasteiger partial charge < -0.3 is 9.72 Å². The normalized spacial score (nSPS) is 17.3. The van der Waals surface area contributed by atoms with E-state index in [2.05, 4.69) is 16.9 Å². The van der Waals surface area contributed by atoms with Crippen LogP contribution in [-0.2, 0) is 29.0 Å². The van der Waals surface area contributed by atoms with Gasteiger partial charge in [-0.15, -0.1) is 11.3 Å². The van der Waals surface area contributed by atoms with Crippen molar-refractivity contribution in [3.8, 4) is 0 Å². The molecule has 0 saturated carbocycles. The van der Waals surface area contributed by atoms with E-state index in [4.69, 9.17) is 4.74 Å². The van der Waals surface area contributed by atoms with Gasteiger partial charge in [-0.05, 0) is 43.2 Å². The van der Waals surface area contributed by atoms with Gasteiger partial charge in [0.25, 0.3) is 5.56 Å². The first-order chi connectivity index (χ1) is 13.5. The van der Waals surface area contributed by atoms with E-state index in [1.54, 1.807) is 18.3 Å². The van der Waals surface area contributed by atoms with Gasteiger partial charge in [0.05, 0.1) is 5.39 Å². The Balaban J connectivity index is 1.48. The van der Waals surface area contributed by atoms with Crippen LogP contribution >= 0.6 is 23.1 Å². The number of H-pyrrole nitrogens is 1. The number of aryl methyl sites for hydroxylation is 1. The molecule has 5 nitrogen and oxygen atoms in total. The number of rotatable bonds is 5. The Labute approximate surface area is 171 Å². The predicted molar refractivity (Wildman–Crippen MR) is 113 cm³/mol. The fourth-order valence-corrected chi connectivity index (χ4v) is 5.68. The molecule has 0 aliphatic heterocycles. The van der Waals surface area contributed by atoms with Gasteiger partial charge in [-0.1, -0.05) is 49.0 Å². The Morgan fingerprint density at radius 1 is 1.39 bits per heavy atom. The molecule has 3 aromatic rings. The van der Waals surface area contributed by atoms with Crippen molar-refractivity contribution < 1.29 is 9.53 Å².